The summed E-state index contributed by atoms with van der Waals surface area (Å²) in [7, 11) is 2.13. The Hall–Kier alpha value is -1.06. The number of aliphatic imine (C=N–C) groups is 1. The summed E-state index contributed by atoms with van der Waals surface area (Å²) in [6.45, 7) is 14.9. The Bertz CT molecular complexity index is 575. The molecule has 0 bridgehead atoms. The molecule has 2 N–H and O–H groups in total. The van der Waals surface area contributed by atoms with Crippen molar-refractivity contribution in [3.05, 3.63) is 30.3 Å². The first kappa shape index (κ1) is 25.0. The average Bonchev–Trinajstić information content (AvgIpc) is 2.70. The summed E-state index contributed by atoms with van der Waals surface area (Å²) < 4.78 is 5.48. The molecule has 1 fully saturated rings. The molecule has 6 nitrogen and oxygen atoms in total. The molecule has 0 saturated carbocycles. The lowest BCUT2D eigenvalue weighted by Gasteiger charge is -2.40. The smallest absolute Gasteiger partial charge is 0.191 e. The molecule has 1 atom stereocenters. The van der Waals surface area contributed by atoms with E-state index in [0.29, 0.717) is 6.04 Å². The molecular formula is C21H38IN5O. The number of morpholine rings is 1. The first-order chi connectivity index (χ1) is 12.9. The second kappa shape index (κ2) is 12.5. The molecule has 0 aromatic heterocycles. The fraction of sp³-hybridized carbons (Fsp3) is 0.667. The van der Waals surface area contributed by atoms with Gasteiger partial charge in [0.05, 0.1) is 19.8 Å². The lowest BCUT2D eigenvalue weighted by molar-refractivity contribution is -0.00683. The van der Waals surface area contributed by atoms with E-state index in [-0.39, 0.29) is 29.5 Å². The highest BCUT2D eigenvalue weighted by molar-refractivity contribution is 14.0. The van der Waals surface area contributed by atoms with Gasteiger partial charge in [0.25, 0.3) is 0 Å². The maximum absolute atomic E-state index is 5.48. The van der Waals surface area contributed by atoms with E-state index in [1.54, 1.807) is 0 Å². The third-order valence-corrected chi connectivity index (χ3v) is 5.23. The van der Waals surface area contributed by atoms with Gasteiger partial charge in [-0.3, -0.25) is 9.89 Å². The Morgan fingerprint density at radius 3 is 2.46 bits per heavy atom. The number of hydrogen-bond donors (Lipinski definition) is 2. The van der Waals surface area contributed by atoms with Crippen LogP contribution in [0.2, 0.25) is 0 Å². The van der Waals surface area contributed by atoms with E-state index >= 15 is 0 Å². The SMILES string of the molecule is CCNC(=NCC(C)(C)N1CCOCC1)NCC(C)N(C)c1ccccc1.I. The summed E-state index contributed by atoms with van der Waals surface area (Å²) in [6, 6.07) is 10.8. The van der Waals surface area contributed by atoms with Crippen molar-refractivity contribution in [3.63, 3.8) is 0 Å². The molecule has 2 rings (SSSR count). The summed E-state index contributed by atoms with van der Waals surface area (Å²) in [5.74, 6) is 0.882. The van der Waals surface area contributed by atoms with Gasteiger partial charge in [-0.05, 0) is 39.8 Å². The van der Waals surface area contributed by atoms with Crippen molar-refractivity contribution in [1.82, 2.24) is 15.5 Å². The monoisotopic (exact) mass is 503 g/mol. The minimum absolute atomic E-state index is 0. The van der Waals surface area contributed by atoms with Crippen molar-refractivity contribution < 1.29 is 4.74 Å². The van der Waals surface area contributed by atoms with Gasteiger partial charge in [-0.2, -0.15) is 0 Å². The summed E-state index contributed by atoms with van der Waals surface area (Å²) in [5, 5.41) is 6.87. The standard InChI is InChI=1S/C21H37N5O.HI/c1-6-22-20(24-17-21(3,4)26-12-14-27-15-13-26)23-16-18(2)25(5)19-10-8-7-9-11-19;/h7-11,18H,6,12-17H2,1-5H3,(H2,22,23,24);1H. The van der Waals surface area contributed by atoms with Crippen LogP contribution in [0.4, 0.5) is 5.69 Å². The Balaban J connectivity index is 0.00000392. The van der Waals surface area contributed by atoms with Gasteiger partial charge in [0.15, 0.2) is 5.96 Å². The highest BCUT2D eigenvalue weighted by Crippen LogP contribution is 2.16. The van der Waals surface area contributed by atoms with E-state index in [2.05, 4.69) is 79.4 Å². The maximum Gasteiger partial charge on any atom is 0.191 e. The first-order valence-corrected chi connectivity index (χ1v) is 10.1. The van der Waals surface area contributed by atoms with Gasteiger partial charge >= 0.3 is 0 Å². The highest BCUT2D eigenvalue weighted by Gasteiger charge is 2.28. The number of para-hydroxylation sites is 1. The molecule has 7 heteroatoms. The quantitative estimate of drug-likeness (QED) is 0.325. The number of halogens is 1. The predicted molar refractivity (Wildman–Crippen MR) is 130 cm³/mol. The van der Waals surface area contributed by atoms with Crippen LogP contribution in [0.3, 0.4) is 0 Å². The Labute approximate surface area is 188 Å². The molecule has 160 valence electrons. The minimum atomic E-state index is 0. The third-order valence-electron chi connectivity index (χ3n) is 5.23. The van der Waals surface area contributed by atoms with Gasteiger partial charge in [0.2, 0.25) is 0 Å². The van der Waals surface area contributed by atoms with Crippen LogP contribution in [0, 0.1) is 0 Å². The Kier molecular flexibility index (Phi) is 11.1. The lowest BCUT2D eigenvalue weighted by atomic mass is 10.0. The molecular weight excluding hydrogens is 465 g/mol. The fourth-order valence-electron chi connectivity index (χ4n) is 3.18. The van der Waals surface area contributed by atoms with Gasteiger partial charge in [0, 0.05) is 50.5 Å². The molecule has 0 amide bonds. The summed E-state index contributed by atoms with van der Waals surface area (Å²) in [5.41, 5.74) is 1.25. The van der Waals surface area contributed by atoms with Crippen LogP contribution in [-0.2, 0) is 4.74 Å². The van der Waals surface area contributed by atoms with Crippen LogP contribution in [0.5, 0.6) is 0 Å². The van der Waals surface area contributed by atoms with Gasteiger partial charge in [-0.1, -0.05) is 18.2 Å². The number of nitrogens with one attached hydrogen (secondary N) is 2. The Morgan fingerprint density at radius 1 is 1.21 bits per heavy atom. The van der Waals surface area contributed by atoms with Gasteiger partial charge < -0.3 is 20.3 Å². The zero-order valence-electron chi connectivity index (χ0n) is 18.1. The van der Waals surface area contributed by atoms with E-state index < -0.39 is 0 Å². The van der Waals surface area contributed by atoms with E-state index in [0.717, 1.165) is 51.9 Å². The summed E-state index contributed by atoms with van der Waals surface area (Å²) in [4.78, 5) is 9.61. The first-order valence-electron chi connectivity index (χ1n) is 10.1. The summed E-state index contributed by atoms with van der Waals surface area (Å²) in [6.07, 6.45) is 0. The fourth-order valence-corrected chi connectivity index (χ4v) is 3.18. The van der Waals surface area contributed by atoms with Crippen molar-refractivity contribution in [2.75, 3.05) is 57.9 Å². The molecule has 1 aromatic carbocycles. The van der Waals surface area contributed by atoms with Crippen LogP contribution in [0.1, 0.15) is 27.7 Å². The maximum atomic E-state index is 5.48. The number of rotatable bonds is 8. The van der Waals surface area contributed by atoms with Gasteiger partial charge in [-0.25, -0.2) is 0 Å². The van der Waals surface area contributed by atoms with Crippen LogP contribution in [0.25, 0.3) is 0 Å². The van der Waals surface area contributed by atoms with Crippen LogP contribution in [0.15, 0.2) is 35.3 Å². The number of likely N-dealkylation sites (N-methyl/N-ethyl adjacent to an activating group) is 1. The molecule has 1 heterocycles. The lowest BCUT2D eigenvalue weighted by Crippen LogP contribution is -2.52. The largest absolute Gasteiger partial charge is 0.379 e. The number of benzene rings is 1. The molecule has 1 aliphatic heterocycles. The number of ether oxygens (including phenoxy) is 1. The van der Waals surface area contributed by atoms with Crippen molar-refractivity contribution in [1.29, 1.82) is 0 Å². The Morgan fingerprint density at radius 2 is 1.86 bits per heavy atom. The van der Waals surface area contributed by atoms with Crippen molar-refractivity contribution >= 4 is 35.6 Å². The highest BCUT2D eigenvalue weighted by atomic mass is 127. The molecule has 0 radical (unpaired) electrons. The molecule has 28 heavy (non-hydrogen) atoms. The predicted octanol–water partition coefficient (Wildman–Crippen LogP) is 2.80. The normalized spacial score (nSPS) is 16.8. The minimum Gasteiger partial charge on any atom is -0.379 e. The topological polar surface area (TPSA) is 52.1 Å². The van der Waals surface area contributed by atoms with E-state index in [4.69, 9.17) is 9.73 Å². The van der Waals surface area contributed by atoms with E-state index in [9.17, 15) is 0 Å². The zero-order chi connectivity index (χ0) is 19.7. The third kappa shape index (κ3) is 7.75. The number of nitrogens with zero attached hydrogens (tertiary/aromatic N) is 3. The van der Waals surface area contributed by atoms with Crippen molar-refractivity contribution in [2.45, 2.75) is 39.3 Å². The number of anilines is 1. The van der Waals surface area contributed by atoms with Gasteiger partial charge in [0.1, 0.15) is 0 Å². The van der Waals surface area contributed by atoms with Crippen molar-refractivity contribution in [3.8, 4) is 0 Å². The van der Waals surface area contributed by atoms with Crippen LogP contribution < -0.4 is 15.5 Å². The van der Waals surface area contributed by atoms with Gasteiger partial charge in [-0.15, -0.1) is 24.0 Å². The second-order valence-corrected chi connectivity index (χ2v) is 7.78. The molecule has 1 saturated heterocycles. The van der Waals surface area contributed by atoms with Crippen LogP contribution >= 0.6 is 24.0 Å². The van der Waals surface area contributed by atoms with Crippen LogP contribution in [-0.4, -0.2) is 75.4 Å². The molecule has 1 unspecified atom stereocenters. The number of guanidine groups is 1. The average molecular weight is 503 g/mol. The van der Waals surface area contributed by atoms with E-state index in [1.807, 2.05) is 6.07 Å². The number of hydrogen-bond acceptors (Lipinski definition) is 4. The molecule has 0 spiro atoms. The van der Waals surface area contributed by atoms with E-state index in [1.165, 1.54) is 5.69 Å². The van der Waals surface area contributed by atoms with Crippen molar-refractivity contribution in [2.24, 2.45) is 4.99 Å². The molecule has 1 aliphatic rings. The zero-order valence-corrected chi connectivity index (χ0v) is 20.4. The molecule has 1 aromatic rings. The second-order valence-electron chi connectivity index (χ2n) is 7.78. The summed E-state index contributed by atoms with van der Waals surface area (Å²) >= 11 is 0. The molecule has 0 aliphatic carbocycles.